The number of aryl methyl sites for hydroxylation is 1. The van der Waals surface area contributed by atoms with Crippen molar-refractivity contribution in [3.63, 3.8) is 0 Å². The molecule has 0 bridgehead atoms. The van der Waals surface area contributed by atoms with Gasteiger partial charge in [0.15, 0.2) is 0 Å². The molecule has 1 aromatic heterocycles. The number of nitrogens with zero attached hydrogens (tertiary/aromatic N) is 1. The first-order valence-corrected chi connectivity index (χ1v) is 11.0. The molecule has 0 aliphatic rings. The van der Waals surface area contributed by atoms with E-state index in [4.69, 9.17) is 16.6 Å². The minimum Gasteiger partial charge on any atom is -0.361 e. The Morgan fingerprint density at radius 2 is 1.81 bits per heavy atom. The third-order valence-corrected chi connectivity index (χ3v) is 5.53. The van der Waals surface area contributed by atoms with E-state index >= 15 is 0 Å². The summed E-state index contributed by atoms with van der Waals surface area (Å²) in [4.78, 5) is 20.8. The van der Waals surface area contributed by atoms with Crippen LogP contribution in [0, 0.1) is 0 Å². The van der Waals surface area contributed by atoms with Crippen LogP contribution in [0.2, 0.25) is 5.02 Å². The smallest absolute Gasteiger partial charge is 0.258 e. The molecular formula is C26H25ClN4O. The van der Waals surface area contributed by atoms with Crippen LogP contribution in [0.1, 0.15) is 28.4 Å². The Bertz CT molecular complexity index is 1260. The minimum absolute atomic E-state index is 0.264. The van der Waals surface area contributed by atoms with Crippen LogP contribution in [-0.4, -0.2) is 23.4 Å². The second-order valence-corrected chi connectivity index (χ2v) is 7.88. The number of aromatic nitrogens is 1. The Hall–Kier alpha value is -3.57. The fourth-order valence-corrected chi connectivity index (χ4v) is 3.81. The third-order valence-electron chi connectivity index (χ3n) is 5.30. The largest absolute Gasteiger partial charge is 0.361 e. The van der Waals surface area contributed by atoms with Crippen molar-refractivity contribution >= 4 is 40.1 Å². The van der Waals surface area contributed by atoms with E-state index in [1.165, 1.54) is 10.9 Å². The average Bonchev–Trinajstić information content (AvgIpc) is 3.22. The number of aliphatic imine (C=N–C) groups is 1. The summed E-state index contributed by atoms with van der Waals surface area (Å²) in [7, 11) is 0. The molecule has 6 heteroatoms. The number of nitrogens with one attached hydrogen (secondary N) is 3. The molecule has 0 unspecified atom stereocenters. The summed E-state index contributed by atoms with van der Waals surface area (Å²) in [5.74, 6) is 0.149. The highest BCUT2D eigenvalue weighted by Gasteiger charge is 2.11. The second-order valence-electron chi connectivity index (χ2n) is 7.44. The van der Waals surface area contributed by atoms with E-state index in [1.54, 1.807) is 24.3 Å². The maximum atomic E-state index is 12.8. The molecule has 162 valence electrons. The lowest BCUT2D eigenvalue weighted by atomic mass is 10.1. The van der Waals surface area contributed by atoms with Crippen LogP contribution < -0.4 is 10.6 Å². The van der Waals surface area contributed by atoms with Crippen LogP contribution in [0.4, 0.5) is 5.69 Å². The quantitative estimate of drug-likeness (QED) is 0.259. The number of hydrogen-bond donors (Lipinski definition) is 3. The van der Waals surface area contributed by atoms with E-state index in [0.717, 1.165) is 29.6 Å². The van der Waals surface area contributed by atoms with Gasteiger partial charge in [-0.3, -0.25) is 15.1 Å². The molecule has 0 saturated heterocycles. The standard InChI is InChI=1S/C26H25ClN4O/c1-2-18-8-3-5-12-23(18)30-26(31-25(32)19-9-7-10-21(27)16-19)28-15-14-20-17-29-24-13-6-4-11-22(20)24/h3-13,16-17,29H,2,14-15H2,1H3,(H2,28,30,31,32). The fraction of sp³-hybridized carbons (Fsp3) is 0.154. The van der Waals surface area contributed by atoms with Crippen molar-refractivity contribution in [3.05, 3.63) is 101 Å². The molecule has 3 N–H and O–H groups in total. The molecule has 32 heavy (non-hydrogen) atoms. The Balaban J connectivity index is 1.55. The average molecular weight is 445 g/mol. The highest BCUT2D eigenvalue weighted by molar-refractivity contribution is 6.31. The van der Waals surface area contributed by atoms with Crippen LogP contribution in [0.5, 0.6) is 0 Å². The third kappa shape index (κ3) is 5.18. The SMILES string of the molecule is CCc1ccccc1NC(=NCCc1c[nH]c2ccccc12)NC(=O)c1cccc(Cl)c1. The zero-order valence-electron chi connectivity index (χ0n) is 17.9. The highest BCUT2D eigenvalue weighted by Crippen LogP contribution is 2.19. The summed E-state index contributed by atoms with van der Waals surface area (Å²) in [6.45, 7) is 2.62. The molecule has 5 nitrogen and oxygen atoms in total. The molecule has 0 fully saturated rings. The fourth-order valence-electron chi connectivity index (χ4n) is 3.62. The zero-order valence-corrected chi connectivity index (χ0v) is 18.6. The van der Waals surface area contributed by atoms with Crippen molar-refractivity contribution < 1.29 is 4.79 Å². The zero-order chi connectivity index (χ0) is 22.3. The van der Waals surface area contributed by atoms with Crippen molar-refractivity contribution in [3.8, 4) is 0 Å². The maximum Gasteiger partial charge on any atom is 0.258 e. The molecule has 0 aliphatic heterocycles. The Labute approximate surface area is 192 Å². The summed E-state index contributed by atoms with van der Waals surface area (Å²) in [6.07, 6.45) is 3.63. The molecule has 4 rings (SSSR count). The van der Waals surface area contributed by atoms with Gasteiger partial charge in [-0.25, -0.2) is 0 Å². The lowest BCUT2D eigenvalue weighted by Crippen LogP contribution is -2.36. The van der Waals surface area contributed by atoms with Gasteiger partial charge >= 0.3 is 0 Å². The van der Waals surface area contributed by atoms with Gasteiger partial charge in [-0.15, -0.1) is 0 Å². The number of amides is 1. The summed E-state index contributed by atoms with van der Waals surface area (Å²) in [5, 5.41) is 7.92. The predicted octanol–water partition coefficient (Wildman–Crippen LogP) is 5.82. The Morgan fingerprint density at radius 1 is 1.00 bits per heavy atom. The number of hydrogen-bond acceptors (Lipinski definition) is 2. The predicted molar refractivity (Wildman–Crippen MR) is 133 cm³/mol. The van der Waals surface area contributed by atoms with Gasteiger partial charge in [-0.05, 0) is 54.3 Å². The van der Waals surface area contributed by atoms with Gasteiger partial charge < -0.3 is 10.3 Å². The highest BCUT2D eigenvalue weighted by atomic mass is 35.5. The monoisotopic (exact) mass is 444 g/mol. The lowest BCUT2D eigenvalue weighted by molar-refractivity contribution is 0.0977. The van der Waals surface area contributed by atoms with Gasteiger partial charge in [0, 0.05) is 39.9 Å². The number of carbonyl (C=O) groups excluding carboxylic acids is 1. The van der Waals surface area contributed by atoms with Crippen LogP contribution >= 0.6 is 11.6 Å². The van der Waals surface area contributed by atoms with Crippen molar-refractivity contribution in [2.45, 2.75) is 19.8 Å². The normalized spacial score (nSPS) is 11.5. The lowest BCUT2D eigenvalue weighted by Gasteiger charge is -2.14. The first-order valence-electron chi connectivity index (χ1n) is 10.7. The molecule has 0 atom stereocenters. The summed E-state index contributed by atoms with van der Waals surface area (Å²) in [5.41, 5.74) is 4.85. The van der Waals surface area contributed by atoms with E-state index in [1.807, 2.05) is 36.5 Å². The van der Waals surface area contributed by atoms with E-state index in [0.29, 0.717) is 23.1 Å². The van der Waals surface area contributed by atoms with Crippen LogP contribution in [0.25, 0.3) is 10.9 Å². The summed E-state index contributed by atoms with van der Waals surface area (Å²) in [6, 6.07) is 23.1. The first-order chi connectivity index (χ1) is 15.6. The van der Waals surface area contributed by atoms with Crippen molar-refractivity contribution in [1.82, 2.24) is 10.3 Å². The number of para-hydroxylation sites is 2. The van der Waals surface area contributed by atoms with Gasteiger partial charge in [-0.1, -0.05) is 61.0 Å². The van der Waals surface area contributed by atoms with Gasteiger partial charge in [-0.2, -0.15) is 0 Å². The Kier molecular flexibility index (Phi) is 6.87. The van der Waals surface area contributed by atoms with Crippen LogP contribution in [0.3, 0.4) is 0 Å². The van der Waals surface area contributed by atoms with Crippen molar-refractivity contribution in [1.29, 1.82) is 0 Å². The first kappa shape index (κ1) is 21.7. The number of benzene rings is 3. The topological polar surface area (TPSA) is 69.3 Å². The number of aromatic amines is 1. The number of rotatable bonds is 6. The van der Waals surface area contributed by atoms with E-state index in [-0.39, 0.29) is 5.91 Å². The molecular weight excluding hydrogens is 420 g/mol. The number of guanidine groups is 1. The van der Waals surface area contributed by atoms with E-state index in [9.17, 15) is 4.79 Å². The van der Waals surface area contributed by atoms with Gasteiger partial charge in [0.1, 0.15) is 0 Å². The number of fused-ring (bicyclic) bond motifs is 1. The summed E-state index contributed by atoms with van der Waals surface area (Å²) >= 11 is 6.05. The van der Waals surface area contributed by atoms with Crippen LogP contribution in [-0.2, 0) is 12.8 Å². The number of H-pyrrole nitrogens is 1. The van der Waals surface area contributed by atoms with Crippen LogP contribution in [0.15, 0.2) is 84.0 Å². The van der Waals surface area contributed by atoms with Gasteiger partial charge in [0.25, 0.3) is 5.91 Å². The Morgan fingerprint density at radius 3 is 2.66 bits per heavy atom. The molecule has 0 radical (unpaired) electrons. The summed E-state index contributed by atoms with van der Waals surface area (Å²) < 4.78 is 0. The van der Waals surface area contributed by atoms with E-state index in [2.05, 4.69) is 40.7 Å². The second kappa shape index (κ2) is 10.2. The van der Waals surface area contributed by atoms with Gasteiger partial charge in [0.2, 0.25) is 5.96 Å². The number of anilines is 1. The molecule has 1 heterocycles. The van der Waals surface area contributed by atoms with E-state index < -0.39 is 0 Å². The molecule has 1 amide bonds. The molecule has 4 aromatic rings. The maximum absolute atomic E-state index is 12.8. The number of halogens is 1. The van der Waals surface area contributed by atoms with Gasteiger partial charge in [0.05, 0.1) is 0 Å². The molecule has 0 saturated carbocycles. The van der Waals surface area contributed by atoms with Crippen molar-refractivity contribution in [2.75, 3.05) is 11.9 Å². The molecule has 0 spiro atoms. The van der Waals surface area contributed by atoms with Crippen molar-refractivity contribution in [2.24, 2.45) is 4.99 Å². The number of carbonyl (C=O) groups is 1. The minimum atomic E-state index is -0.264. The molecule has 3 aromatic carbocycles. The molecule has 0 aliphatic carbocycles.